The molecule has 0 saturated carbocycles. The first-order chi connectivity index (χ1) is 10.8. The van der Waals surface area contributed by atoms with Crippen molar-refractivity contribution < 1.29 is 18.3 Å². The maximum atomic E-state index is 12.3. The predicted molar refractivity (Wildman–Crippen MR) is 87.5 cm³/mol. The van der Waals surface area contributed by atoms with Crippen LogP contribution in [0.1, 0.15) is 40.0 Å². The van der Waals surface area contributed by atoms with Gasteiger partial charge in [-0.25, -0.2) is 8.78 Å². The topological polar surface area (TPSA) is 21.7 Å². The summed E-state index contributed by atoms with van der Waals surface area (Å²) in [5, 5.41) is 0. The minimum Gasteiger partial charge on any atom is -0.489 e. The van der Waals surface area contributed by atoms with Gasteiger partial charge in [0.15, 0.2) is 0 Å². The molecule has 0 aliphatic carbocycles. The van der Waals surface area contributed by atoms with E-state index < -0.39 is 6.43 Å². The second-order valence-electron chi connectivity index (χ2n) is 7.05. The Hall–Kier alpha value is -1.36. The number of ether oxygens (including phenoxy) is 2. The van der Waals surface area contributed by atoms with Gasteiger partial charge in [0.25, 0.3) is 0 Å². The number of benzene rings is 1. The Labute approximate surface area is 137 Å². The molecule has 1 aliphatic heterocycles. The minimum absolute atomic E-state index is 0.0639. The zero-order valence-corrected chi connectivity index (χ0v) is 14.2. The van der Waals surface area contributed by atoms with Gasteiger partial charge in [-0.1, -0.05) is 0 Å². The lowest BCUT2D eigenvalue weighted by atomic mass is 10.1. The third-order valence-electron chi connectivity index (χ3n) is 3.68. The van der Waals surface area contributed by atoms with Gasteiger partial charge in [0.05, 0.1) is 0 Å². The van der Waals surface area contributed by atoms with Crippen molar-refractivity contribution in [3.05, 3.63) is 24.3 Å². The van der Waals surface area contributed by atoms with E-state index in [-0.39, 0.29) is 18.1 Å². The van der Waals surface area contributed by atoms with E-state index in [2.05, 4.69) is 4.90 Å². The maximum Gasteiger partial charge on any atom is 0.239 e. The molecule has 5 heteroatoms. The third-order valence-corrected chi connectivity index (χ3v) is 3.68. The quantitative estimate of drug-likeness (QED) is 0.775. The first-order valence-electron chi connectivity index (χ1n) is 8.28. The van der Waals surface area contributed by atoms with Crippen LogP contribution in [0.25, 0.3) is 0 Å². The summed E-state index contributed by atoms with van der Waals surface area (Å²) in [5.74, 6) is 1.61. The van der Waals surface area contributed by atoms with E-state index in [1.54, 1.807) is 0 Å². The molecule has 23 heavy (non-hydrogen) atoms. The number of hydrogen-bond acceptors (Lipinski definition) is 3. The Kier molecular flexibility index (Phi) is 6.22. The van der Waals surface area contributed by atoms with Crippen LogP contribution >= 0.6 is 0 Å². The molecule has 1 heterocycles. The van der Waals surface area contributed by atoms with E-state index in [0.717, 1.165) is 30.9 Å². The van der Waals surface area contributed by atoms with E-state index >= 15 is 0 Å². The summed E-state index contributed by atoms with van der Waals surface area (Å²) < 4.78 is 36.4. The smallest absolute Gasteiger partial charge is 0.239 e. The maximum absolute atomic E-state index is 12.3. The highest BCUT2D eigenvalue weighted by Gasteiger charge is 2.22. The Bertz CT molecular complexity index is 471. The number of likely N-dealkylation sites (tertiary alicyclic amines) is 1. The lowest BCUT2D eigenvalue weighted by Gasteiger charge is -2.32. The number of piperidine rings is 1. The molecule has 1 unspecified atom stereocenters. The molecule has 1 aliphatic rings. The van der Waals surface area contributed by atoms with Crippen LogP contribution < -0.4 is 9.47 Å². The summed E-state index contributed by atoms with van der Waals surface area (Å²) in [5.41, 5.74) is -0.225. The molecular formula is C18H27F2NO2. The highest BCUT2D eigenvalue weighted by atomic mass is 19.3. The van der Waals surface area contributed by atoms with Crippen LogP contribution in [0.15, 0.2) is 24.3 Å². The molecule has 1 fully saturated rings. The number of halogens is 2. The van der Waals surface area contributed by atoms with Crippen LogP contribution in [-0.4, -0.2) is 42.7 Å². The molecule has 0 bridgehead atoms. The molecule has 3 nitrogen and oxygen atoms in total. The van der Waals surface area contributed by atoms with Crippen molar-refractivity contribution in [1.82, 2.24) is 4.90 Å². The zero-order chi connectivity index (χ0) is 16.9. The van der Waals surface area contributed by atoms with E-state index in [1.807, 2.05) is 45.0 Å². The molecule has 130 valence electrons. The molecule has 1 aromatic rings. The summed E-state index contributed by atoms with van der Waals surface area (Å²) in [7, 11) is 0. The third kappa shape index (κ3) is 6.73. The Balaban J connectivity index is 1.84. The molecule has 1 saturated heterocycles. The van der Waals surface area contributed by atoms with Crippen molar-refractivity contribution in [2.24, 2.45) is 0 Å². The van der Waals surface area contributed by atoms with Crippen molar-refractivity contribution in [1.29, 1.82) is 0 Å². The largest absolute Gasteiger partial charge is 0.489 e. The summed E-state index contributed by atoms with van der Waals surface area (Å²) in [6.07, 6.45) is -0.279. The van der Waals surface area contributed by atoms with Gasteiger partial charge >= 0.3 is 0 Å². The second-order valence-corrected chi connectivity index (χ2v) is 7.05. The molecule has 2 rings (SSSR count). The van der Waals surface area contributed by atoms with Gasteiger partial charge in [-0.05, 0) is 64.4 Å². The van der Waals surface area contributed by atoms with Gasteiger partial charge in [-0.2, -0.15) is 0 Å². The average molecular weight is 327 g/mol. The van der Waals surface area contributed by atoms with Crippen LogP contribution in [0, 0.1) is 0 Å². The number of nitrogens with zero attached hydrogens (tertiary/aromatic N) is 1. The fraction of sp³-hybridized carbons (Fsp3) is 0.667. The van der Waals surface area contributed by atoms with Gasteiger partial charge in [0.1, 0.15) is 23.2 Å². The van der Waals surface area contributed by atoms with Crippen molar-refractivity contribution in [3.63, 3.8) is 0 Å². The summed E-state index contributed by atoms with van der Waals surface area (Å²) in [6, 6.07) is 7.61. The van der Waals surface area contributed by atoms with Gasteiger partial charge in [-0.15, -0.1) is 0 Å². The summed E-state index contributed by atoms with van der Waals surface area (Å²) in [4.78, 5) is 2.07. The number of hydrogen-bond donors (Lipinski definition) is 0. The van der Waals surface area contributed by atoms with E-state index in [4.69, 9.17) is 9.47 Å². The van der Waals surface area contributed by atoms with Crippen molar-refractivity contribution in [3.8, 4) is 11.5 Å². The van der Waals surface area contributed by atoms with Crippen LogP contribution in [0.4, 0.5) is 8.78 Å². The molecule has 1 aromatic carbocycles. The standard InChI is InChI=1S/C18H27F2NO2/c1-18(2,3)23-15-8-6-14(7-9-15)22-16-5-4-11-21(13-16)12-10-17(19)20/h6-9,16-17H,4-5,10-13H2,1-3H3. The molecular weight excluding hydrogens is 300 g/mol. The van der Waals surface area contributed by atoms with Crippen LogP contribution in [-0.2, 0) is 0 Å². The monoisotopic (exact) mass is 327 g/mol. The van der Waals surface area contributed by atoms with Crippen molar-refractivity contribution in [2.45, 2.75) is 58.2 Å². The number of alkyl halides is 2. The highest BCUT2D eigenvalue weighted by molar-refractivity contribution is 5.31. The minimum atomic E-state index is -2.23. The number of rotatable bonds is 6. The molecule has 0 spiro atoms. The van der Waals surface area contributed by atoms with Crippen LogP contribution in [0.2, 0.25) is 0 Å². The molecule has 0 radical (unpaired) electrons. The Morgan fingerprint density at radius 1 is 1.17 bits per heavy atom. The highest BCUT2D eigenvalue weighted by Crippen LogP contribution is 2.24. The fourth-order valence-electron chi connectivity index (χ4n) is 2.72. The van der Waals surface area contributed by atoms with Gasteiger partial charge in [0.2, 0.25) is 6.43 Å². The second kappa shape index (κ2) is 7.95. The van der Waals surface area contributed by atoms with Gasteiger partial charge < -0.3 is 9.47 Å². The average Bonchev–Trinajstić information content (AvgIpc) is 2.46. The lowest BCUT2D eigenvalue weighted by Crippen LogP contribution is -2.41. The molecule has 0 N–H and O–H groups in total. The molecule has 0 aromatic heterocycles. The fourth-order valence-corrected chi connectivity index (χ4v) is 2.72. The summed E-state index contributed by atoms with van der Waals surface area (Å²) in [6.45, 7) is 8.06. The van der Waals surface area contributed by atoms with Crippen LogP contribution in [0.3, 0.4) is 0 Å². The van der Waals surface area contributed by atoms with Crippen molar-refractivity contribution >= 4 is 0 Å². The predicted octanol–water partition coefficient (Wildman–Crippen LogP) is 4.36. The van der Waals surface area contributed by atoms with E-state index in [0.29, 0.717) is 13.1 Å². The SMILES string of the molecule is CC(C)(C)Oc1ccc(OC2CCCN(CCC(F)F)C2)cc1. The first-order valence-corrected chi connectivity index (χ1v) is 8.28. The van der Waals surface area contributed by atoms with Crippen molar-refractivity contribution in [2.75, 3.05) is 19.6 Å². The van der Waals surface area contributed by atoms with E-state index in [1.165, 1.54) is 0 Å². The Morgan fingerprint density at radius 2 is 1.83 bits per heavy atom. The first kappa shape index (κ1) is 18.0. The summed E-state index contributed by atoms with van der Waals surface area (Å²) >= 11 is 0. The molecule has 0 amide bonds. The molecule has 1 atom stereocenters. The normalized spacial score (nSPS) is 19.8. The van der Waals surface area contributed by atoms with Gasteiger partial charge in [0, 0.05) is 19.5 Å². The zero-order valence-electron chi connectivity index (χ0n) is 14.2. The van der Waals surface area contributed by atoms with E-state index in [9.17, 15) is 8.78 Å². The van der Waals surface area contributed by atoms with Crippen LogP contribution in [0.5, 0.6) is 11.5 Å². The van der Waals surface area contributed by atoms with Gasteiger partial charge in [-0.3, -0.25) is 4.90 Å². The Morgan fingerprint density at radius 3 is 2.43 bits per heavy atom. The lowest BCUT2D eigenvalue weighted by molar-refractivity contribution is 0.0660.